The van der Waals surface area contributed by atoms with Crippen molar-refractivity contribution in [3.05, 3.63) is 24.7 Å². The summed E-state index contributed by atoms with van der Waals surface area (Å²) in [5.41, 5.74) is 1.40. The molecule has 2 aromatic heterocycles. The number of hydrogen-bond acceptors (Lipinski definition) is 3. The van der Waals surface area contributed by atoms with Crippen LogP contribution in [-0.2, 0) is 6.54 Å². The molecular formula is C9H8F2N4. The SMILES string of the molecule is C=Cc1cnc2cnn(CC(F)F)c2n1. The van der Waals surface area contributed by atoms with Crippen LogP contribution < -0.4 is 0 Å². The Morgan fingerprint density at radius 2 is 2.27 bits per heavy atom. The van der Waals surface area contributed by atoms with Crippen molar-refractivity contribution in [2.45, 2.75) is 13.0 Å². The fraction of sp³-hybridized carbons (Fsp3) is 0.222. The molecule has 0 saturated carbocycles. The first kappa shape index (κ1) is 9.70. The molecule has 0 bridgehead atoms. The molecule has 0 unspecified atom stereocenters. The van der Waals surface area contributed by atoms with Crippen molar-refractivity contribution in [2.24, 2.45) is 0 Å². The van der Waals surface area contributed by atoms with Gasteiger partial charge in [-0.1, -0.05) is 6.58 Å². The average Bonchev–Trinajstić information content (AvgIpc) is 2.60. The topological polar surface area (TPSA) is 43.6 Å². The van der Waals surface area contributed by atoms with Crippen molar-refractivity contribution in [1.29, 1.82) is 0 Å². The molecule has 4 nitrogen and oxygen atoms in total. The second-order valence-corrected chi connectivity index (χ2v) is 2.93. The standard InChI is InChI=1S/C9H8F2N4/c1-2-6-3-12-7-4-13-15(5-8(10)11)9(7)14-6/h2-4,8H,1,5H2. The van der Waals surface area contributed by atoms with E-state index in [0.29, 0.717) is 16.9 Å². The van der Waals surface area contributed by atoms with Gasteiger partial charge in [-0.05, 0) is 6.08 Å². The van der Waals surface area contributed by atoms with Gasteiger partial charge in [0.05, 0.1) is 18.1 Å². The molecule has 0 atom stereocenters. The molecule has 0 N–H and O–H groups in total. The lowest BCUT2D eigenvalue weighted by atomic mass is 10.4. The van der Waals surface area contributed by atoms with Crippen LogP contribution in [-0.4, -0.2) is 26.2 Å². The van der Waals surface area contributed by atoms with Gasteiger partial charge in [0, 0.05) is 0 Å². The van der Waals surface area contributed by atoms with Gasteiger partial charge in [0.2, 0.25) is 0 Å². The monoisotopic (exact) mass is 210 g/mol. The van der Waals surface area contributed by atoms with Gasteiger partial charge in [0.25, 0.3) is 6.43 Å². The summed E-state index contributed by atoms with van der Waals surface area (Å²) in [5.74, 6) is 0. The van der Waals surface area contributed by atoms with Gasteiger partial charge in [0.15, 0.2) is 5.65 Å². The van der Waals surface area contributed by atoms with Crippen molar-refractivity contribution >= 4 is 17.2 Å². The molecule has 78 valence electrons. The first-order chi connectivity index (χ1) is 7.20. The van der Waals surface area contributed by atoms with Crippen LogP contribution in [0.25, 0.3) is 17.2 Å². The number of hydrogen-bond donors (Lipinski definition) is 0. The summed E-state index contributed by atoms with van der Waals surface area (Å²) in [6.45, 7) is 3.06. The first-order valence-electron chi connectivity index (χ1n) is 4.30. The van der Waals surface area contributed by atoms with E-state index in [2.05, 4.69) is 21.6 Å². The van der Waals surface area contributed by atoms with E-state index in [0.717, 1.165) is 4.68 Å². The Bertz CT molecular complexity index is 492. The molecule has 0 radical (unpaired) electrons. The molecule has 2 rings (SSSR count). The lowest BCUT2D eigenvalue weighted by Crippen LogP contribution is -2.08. The molecule has 2 heterocycles. The van der Waals surface area contributed by atoms with Crippen molar-refractivity contribution in [3.63, 3.8) is 0 Å². The van der Waals surface area contributed by atoms with E-state index in [4.69, 9.17) is 0 Å². The fourth-order valence-corrected chi connectivity index (χ4v) is 1.22. The molecular weight excluding hydrogens is 202 g/mol. The number of alkyl halides is 2. The third-order valence-corrected chi connectivity index (χ3v) is 1.88. The predicted octanol–water partition coefficient (Wildman–Crippen LogP) is 1.73. The Morgan fingerprint density at radius 3 is 2.93 bits per heavy atom. The highest BCUT2D eigenvalue weighted by Gasteiger charge is 2.10. The second kappa shape index (κ2) is 3.72. The molecule has 6 heteroatoms. The van der Waals surface area contributed by atoms with Crippen LogP contribution in [0.2, 0.25) is 0 Å². The Kier molecular flexibility index (Phi) is 2.40. The predicted molar refractivity (Wildman–Crippen MR) is 51.4 cm³/mol. The van der Waals surface area contributed by atoms with Gasteiger partial charge in [-0.2, -0.15) is 5.10 Å². The number of fused-ring (bicyclic) bond motifs is 1. The van der Waals surface area contributed by atoms with Crippen molar-refractivity contribution < 1.29 is 8.78 Å². The quantitative estimate of drug-likeness (QED) is 0.774. The Balaban J connectivity index is 2.51. The van der Waals surface area contributed by atoms with E-state index < -0.39 is 13.0 Å². The molecule has 0 aliphatic carbocycles. The van der Waals surface area contributed by atoms with Gasteiger partial charge < -0.3 is 0 Å². The van der Waals surface area contributed by atoms with Gasteiger partial charge in [0.1, 0.15) is 12.1 Å². The zero-order valence-electron chi connectivity index (χ0n) is 7.77. The maximum Gasteiger partial charge on any atom is 0.258 e. The lowest BCUT2D eigenvalue weighted by molar-refractivity contribution is 0.123. The first-order valence-corrected chi connectivity index (χ1v) is 4.30. The largest absolute Gasteiger partial charge is 0.258 e. The Morgan fingerprint density at radius 1 is 1.47 bits per heavy atom. The van der Waals surface area contributed by atoms with Crippen molar-refractivity contribution in [2.75, 3.05) is 0 Å². The summed E-state index contributed by atoms with van der Waals surface area (Å²) >= 11 is 0. The van der Waals surface area contributed by atoms with Crippen LogP contribution in [0.1, 0.15) is 5.69 Å². The van der Waals surface area contributed by atoms with E-state index in [9.17, 15) is 8.78 Å². The van der Waals surface area contributed by atoms with Crippen molar-refractivity contribution in [3.8, 4) is 0 Å². The summed E-state index contributed by atoms with van der Waals surface area (Å²) in [4.78, 5) is 8.11. The lowest BCUT2D eigenvalue weighted by Gasteiger charge is -2.01. The van der Waals surface area contributed by atoms with Crippen LogP contribution in [0.4, 0.5) is 8.78 Å². The maximum atomic E-state index is 12.2. The smallest absolute Gasteiger partial charge is 0.249 e. The Hall–Kier alpha value is -1.85. The number of rotatable bonds is 3. The molecule has 15 heavy (non-hydrogen) atoms. The van der Waals surface area contributed by atoms with Crippen LogP contribution in [0.3, 0.4) is 0 Å². The summed E-state index contributed by atoms with van der Waals surface area (Å²) in [7, 11) is 0. The van der Waals surface area contributed by atoms with E-state index in [-0.39, 0.29) is 0 Å². The molecule has 2 aromatic rings. The van der Waals surface area contributed by atoms with Gasteiger partial charge in [-0.15, -0.1) is 0 Å². The second-order valence-electron chi connectivity index (χ2n) is 2.93. The summed E-state index contributed by atoms with van der Waals surface area (Å²) < 4.78 is 25.5. The third-order valence-electron chi connectivity index (χ3n) is 1.88. The van der Waals surface area contributed by atoms with Crippen LogP contribution in [0.15, 0.2) is 19.0 Å². The van der Waals surface area contributed by atoms with Gasteiger partial charge >= 0.3 is 0 Å². The summed E-state index contributed by atoms with van der Waals surface area (Å²) in [6.07, 6.45) is 1.98. The normalized spacial score (nSPS) is 11.1. The van der Waals surface area contributed by atoms with Gasteiger partial charge in [-0.3, -0.25) is 0 Å². The van der Waals surface area contributed by atoms with E-state index >= 15 is 0 Å². The minimum absolute atomic E-state index is 0.354. The number of halogens is 2. The maximum absolute atomic E-state index is 12.2. The molecule has 0 fully saturated rings. The highest BCUT2D eigenvalue weighted by molar-refractivity contribution is 5.70. The fourth-order valence-electron chi connectivity index (χ4n) is 1.22. The number of nitrogens with zero attached hydrogens (tertiary/aromatic N) is 4. The van der Waals surface area contributed by atoms with E-state index in [1.54, 1.807) is 0 Å². The molecule has 0 saturated heterocycles. The minimum atomic E-state index is -2.46. The number of aromatic nitrogens is 4. The molecule has 0 amide bonds. The van der Waals surface area contributed by atoms with Crippen molar-refractivity contribution in [1.82, 2.24) is 19.7 Å². The highest BCUT2D eigenvalue weighted by Crippen LogP contribution is 2.10. The van der Waals surface area contributed by atoms with E-state index in [1.807, 2.05) is 0 Å². The zero-order valence-corrected chi connectivity index (χ0v) is 7.77. The highest BCUT2D eigenvalue weighted by atomic mass is 19.3. The molecule has 0 aromatic carbocycles. The Labute approximate surface area is 84.3 Å². The van der Waals surface area contributed by atoms with E-state index in [1.165, 1.54) is 18.5 Å². The molecule has 0 aliphatic heterocycles. The molecule has 0 spiro atoms. The minimum Gasteiger partial charge on any atom is -0.249 e. The van der Waals surface area contributed by atoms with Crippen LogP contribution in [0.5, 0.6) is 0 Å². The zero-order chi connectivity index (χ0) is 10.8. The third kappa shape index (κ3) is 1.83. The van der Waals surface area contributed by atoms with Crippen LogP contribution in [0, 0.1) is 0 Å². The average molecular weight is 210 g/mol. The van der Waals surface area contributed by atoms with Crippen LogP contribution >= 0.6 is 0 Å². The molecule has 0 aliphatic rings. The summed E-state index contributed by atoms with van der Waals surface area (Å²) in [5, 5.41) is 3.79. The summed E-state index contributed by atoms with van der Waals surface area (Å²) in [6, 6.07) is 0. The van der Waals surface area contributed by atoms with Gasteiger partial charge in [-0.25, -0.2) is 23.4 Å².